The van der Waals surface area contributed by atoms with Crippen molar-refractivity contribution in [2.24, 2.45) is 0 Å². The minimum absolute atomic E-state index is 0.162. The van der Waals surface area contributed by atoms with Gasteiger partial charge in [0, 0.05) is 7.05 Å². The summed E-state index contributed by atoms with van der Waals surface area (Å²) in [7, 11) is 1.73. The van der Waals surface area contributed by atoms with Crippen LogP contribution in [-0.4, -0.2) is 22.9 Å². The van der Waals surface area contributed by atoms with E-state index in [1.807, 2.05) is 6.29 Å². The average molecular weight is 162 g/mol. The molecule has 9 heavy (non-hydrogen) atoms. The van der Waals surface area contributed by atoms with Crippen molar-refractivity contribution in [1.29, 1.82) is 0 Å². The number of rotatable bonds is 2. The Morgan fingerprint density at radius 1 is 1.89 bits per heavy atom. The van der Waals surface area contributed by atoms with Crippen LogP contribution < -0.4 is 5.32 Å². The monoisotopic (exact) mass is 162 g/mol. The van der Waals surface area contributed by atoms with Crippen LogP contribution in [-0.2, 0) is 4.79 Å². The first-order chi connectivity index (χ1) is 4.20. The van der Waals surface area contributed by atoms with Gasteiger partial charge in [-0.05, 0) is 6.92 Å². The van der Waals surface area contributed by atoms with Crippen LogP contribution in [0.15, 0.2) is 0 Å². The van der Waals surface area contributed by atoms with E-state index in [0.717, 1.165) is 0 Å². The Morgan fingerprint density at radius 3 is 2.78 bits per heavy atom. The summed E-state index contributed by atoms with van der Waals surface area (Å²) in [4.78, 5) is 9.92. The van der Waals surface area contributed by atoms with Crippen molar-refractivity contribution < 1.29 is 4.79 Å². The summed E-state index contributed by atoms with van der Waals surface area (Å²) in [5.41, 5.74) is 0. The van der Waals surface area contributed by atoms with Gasteiger partial charge >= 0.3 is 0 Å². The van der Waals surface area contributed by atoms with Crippen LogP contribution in [0.25, 0.3) is 0 Å². The molecule has 0 aromatic carbocycles. The first-order valence-electron chi connectivity index (χ1n) is 2.46. The summed E-state index contributed by atoms with van der Waals surface area (Å²) in [5.74, 6) is 0. The van der Waals surface area contributed by atoms with E-state index >= 15 is 0 Å². The molecule has 2 nitrogen and oxygen atoms in total. The van der Waals surface area contributed by atoms with E-state index in [-0.39, 0.29) is 5.25 Å². The van der Waals surface area contributed by atoms with Crippen LogP contribution in [0.5, 0.6) is 0 Å². The van der Waals surface area contributed by atoms with Gasteiger partial charge < -0.3 is 5.32 Å². The Hall–Kier alpha value is -0.0900. The molecule has 0 aliphatic heterocycles. The quantitative estimate of drug-likeness (QED) is 0.606. The predicted molar refractivity (Wildman–Crippen MR) is 44.4 cm³/mol. The zero-order valence-electron chi connectivity index (χ0n) is 5.30. The van der Waals surface area contributed by atoms with Crippen molar-refractivity contribution in [3.63, 3.8) is 0 Å². The maximum absolute atomic E-state index is 9.92. The van der Waals surface area contributed by atoms with Crippen LogP contribution >= 0.6 is 24.0 Å². The van der Waals surface area contributed by atoms with Crippen LogP contribution in [0.2, 0.25) is 0 Å². The maximum Gasteiger partial charge on any atom is 0.212 e. The van der Waals surface area contributed by atoms with Gasteiger partial charge in [0.1, 0.15) is 4.32 Å². The molecule has 1 N–H and O–H groups in total. The zero-order valence-corrected chi connectivity index (χ0v) is 6.94. The SMILES string of the molecule is CNC(=S)SC(C)[C]=O. The fourth-order valence-corrected chi connectivity index (χ4v) is 1.16. The second kappa shape index (κ2) is 4.76. The third kappa shape index (κ3) is 4.42. The molecule has 51 valence electrons. The van der Waals surface area contributed by atoms with Crippen LogP contribution in [0, 0.1) is 0 Å². The lowest BCUT2D eigenvalue weighted by atomic mass is 10.5. The number of carbonyl (C=O) groups excluding carboxylic acids is 1. The predicted octanol–water partition coefficient (Wildman–Crippen LogP) is 0.722. The number of thiocarbonyl (C=S) groups is 1. The molecule has 0 bridgehead atoms. The molecule has 0 spiro atoms. The third-order valence-electron chi connectivity index (χ3n) is 0.654. The van der Waals surface area contributed by atoms with Crippen molar-refractivity contribution in [2.45, 2.75) is 12.2 Å². The van der Waals surface area contributed by atoms with Gasteiger partial charge in [-0.2, -0.15) is 0 Å². The topological polar surface area (TPSA) is 29.1 Å². The molecule has 0 aliphatic rings. The van der Waals surface area contributed by atoms with Gasteiger partial charge in [0.2, 0.25) is 6.29 Å². The highest BCUT2D eigenvalue weighted by atomic mass is 32.2. The van der Waals surface area contributed by atoms with Gasteiger partial charge in [-0.25, -0.2) is 0 Å². The fourth-order valence-electron chi connectivity index (χ4n) is 0.244. The summed E-state index contributed by atoms with van der Waals surface area (Å²) in [6.45, 7) is 1.75. The number of nitrogens with one attached hydrogen (secondary N) is 1. The number of hydrogen-bond donors (Lipinski definition) is 1. The smallest absolute Gasteiger partial charge is 0.212 e. The van der Waals surface area contributed by atoms with E-state index in [1.165, 1.54) is 11.8 Å². The molecule has 0 aromatic heterocycles. The second-order valence-electron chi connectivity index (χ2n) is 1.42. The lowest BCUT2D eigenvalue weighted by Crippen LogP contribution is -2.14. The van der Waals surface area contributed by atoms with Crippen LogP contribution in [0.1, 0.15) is 6.92 Å². The van der Waals surface area contributed by atoms with Gasteiger partial charge in [0.25, 0.3) is 0 Å². The first kappa shape index (κ1) is 8.91. The molecular weight excluding hydrogens is 154 g/mol. The highest BCUT2D eigenvalue weighted by molar-refractivity contribution is 8.23. The molecule has 1 radical (unpaired) electrons. The van der Waals surface area contributed by atoms with Crippen molar-refractivity contribution in [2.75, 3.05) is 7.05 Å². The molecule has 0 fully saturated rings. The van der Waals surface area contributed by atoms with Crippen LogP contribution in [0.4, 0.5) is 0 Å². The molecule has 0 heterocycles. The summed E-state index contributed by atoms with van der Waals surface area (Å²) in [6, 6.07) is 0. The molecule has 0 aliphatic carbocycles. The molecule has 4 heteroatoms. The van der Waals surface area contributed by atoms with Crippen molar-refractivity contribution >= 4 is 34.6 Å². The zero-order chi connectivity index (χ0) is 7.28. The van der Waals surface area contributed by atoms with Gasteiger partial charge in [-0.15, -0.1) is 0 Å². The lowest BCUT2D eigenvalue weighted by molar-refractivity contribution is 0.555. The van der Waals surface area contributed by atoms with E-state index in [4.69, 9.17) is 12.2 Å². The van der Waals surface area contributed by atoms with E-state index in [9.17, 15) is 4.79 Å². The average Bonchev–Trinajstić information content (AvgIpc) is 1.87. The minimum Gasteiger partial charge on any atom is -0.374 e. The molecule has 0 amide bonds. The fraction of sp³-hybridized carbons (Fsp3) is 0.600. The highest BCUT2D eigenvalue weighted by Crippen LogP contribution is 2.07. The number of hydrogen-bond acceptors (Lipinski definition) is 3. The van der Waals surface area contributed by atoms with E-state index in [2.05, 4.69) is 5.32 Å². The second-order valence-corrected chi connectivity index (χ2v) is 3.43. The van der Waals surface area contributed by atoms with Crippen molar-refractivity contribution in [3.05, 3.63) is 0 Å². The molecule has 1 unspecified atom stereocenters. The Kier molecular flexibility index (Phi) is 4.71. The normalized spacial score (nSPS) is 12.2. The Balaban J connectivity index is 3.46. The Labute approximate surface area is 64.4 Å². The minimum atomic E-state index is -0.162. The summed E-state index contributed by atoms with van der Waals surface area (Å²) in [6.07, 6.45) is 1.82. The Bertz CT molecular complexity index is 116. The van der Waals surface area contributed by atoms with Gasteiger partial charge in [0.15, 0.2) is 0 Å². The van der Waals surface area contributed by atoms with Gasteiger partial charge in [-0.1, -0.05) is 24.0 Å². The molecule has 1 atom stereocenters. The van der Waals surface area contributed by atoms with Gasteiger partial charge in [0.05, 0.1) is 5.25 Å². The molecular formula is C5H8NOS2. The third-order valence-corrected chi connectivity index (χ3v) is 2.01. The first-order valence-corrected chi connectivity index (χ1v) is 3.75. The highest BCUT2D eigenvalue weighted by Gasteiger charge is 2.02. The number of thioether (sulfide) groups is 1. The molecule has 0 saturated heterocycles. The summed E-state index contributed by atoms with van der Waals surface area (Å²) >= 11 is 6.07. The summed E-state index contributed by atoms with van der Waals surface area (Å²) in [5, 5.41) is 2.58. The van der Waals surface area contributed by atoms with E-state index < -0.39 is 0 Å². The van der Waals surface area contributed by atoms with Crippen LogP contribution in [0.3, 0.4) is 0 Å². The molecule has 0 saturated carbocycles. The Morgan fingerprint density at radius 2 is 2.44 bits per heavy atom. The molecule has 0 aromatic rings. The van der Waals surface area contributed by atoms with Crippen molar-refractivity contribution in [3.8, 4) is 0 Å². The molecule has 0 rings (SSSR count). The summed E-state index contributed by atoms with van der Waals surface area (Å²) < 4.78 is 0.630. The van der Waals surface area contributed by atoms with Crippen molar-refractivity contribution in [1.82, 2.24) is 5.32 Å². The van der Waals surface area contributed by atoms with E-state index in [1.54, 1.807) is 14.0 Å². The van der Waals surface area contributed by atoms with Gasteiger partial charge in [-0.3, -0.25) is 4.79 Å². The lowest BCUT2D eigenvalue weighted by Gasteiger charge is -2.01. The van der Waals surface area contributed by atoms with E-state index in [0.29, 0.717) is 4.32 Å². The largest absolute Gasteiger partial charge is 0.374 e. The maximum atomic E-state index is 9.92. The standard InChI is InChI=1S/C5H8NOS2/c1-4(3-7)9-5(8)6-2/h4H,1-2H3,(H,6,8).